The van der Waals surface area contributed by atoms with Crippen molar-refractivity contribution in [2.24, 2.45) is 7.05 Å². The molecule has 0 atom stereocenters. The number of amides is 1. The second kappa shape index (κ2) is 14.5. The van der Waals surface area contributed by atoms with Crippen LogP contribution in [0.5, 0.6) is 0 Å². The fourth-order valence-electron chi connectivity index (χ4n) is 5.44. The molecule has 0 unspecified atom stereocenters. The Morgan fingerprint density at radius 2 is 1.48 bits per heavy atom. The molecule has 2 N–H and O–H groups in total. The van der Waals surface area contributed by atoms with Crippen molar-refractivity contribution in [3.8, 4) is 0 Å². The number of anilines is 1. The van der Waals surface area contributed by atoms with Crippen LogP contribution in [0, 0.1) is 5.41 Å². The number of nitrogens with one attached hydrogen (secondary N) is 2. The standard InChI is InChI=1S/C36H40N6O3S/c1-4-41(5-2)24-25-42(46(44,45)31-14-10-7-11-15-31)30-21-22-33-32(26-30)38-34(40(33)3)23-18-27-16-19-28(20-17-27)35(37)39-36(43)29-12-8-6-9-13-29/h6-17,19-22,26H,4-5,18,23-25H2,1-3H3,(H2,37,39,43). The van der Waals surface area contributed by atoms with E-state index in [1.807, 2.05) is 66.2 Å². The molecule has 1 heterocycles. The predicted octanol–water partition coefficient (Wildman–Crippen LogP) is 5.65. The van der Waals surface area contributed by atoms with E-state index >= 15 is 0 Å². The van der Waals surface area contributed by atoms with Crippen molar-refractivity contribution < 1.29 is 13.2 Å². The maximum Gasteiger partial charge on any atom is 0.264 e. The number of hydrogen-bond acceptors (Lipinski definition) is 6. The molecule has 0 saturated heterocycles. The Bertz CT molecular complexity index is 1900. The topological polar surface area (TPSA) is 111 Å². The van der Waals surface area contributed by atoms with E-state index in [4.69, 9.17) is 10.4 Å². The second-order valence-corrected chi connectivity index (χ2v) is 12.9. The molecule has 0 bridgehead atoms. The summed E-state index contributed by atoms with van der Waals surface area (Å²) in [7, 11) is -1.81. The number of carbonyl (C=O) groups excluding carboxylic acids is 1. The minimum atomic E-state index is -3.78. The molecule has 46 heavy (non-hydrogen) atoms. The molecular weight excluding hydrogens is 597 g/mol. The number of sulfonamides is 1. The first-order valence-electron chi connectivity index (χ1n) is 15.5. The van der Waals surface area contributed by atoms with Crippen molar-refractivity contribution in [3.63, 3.8) is 0 Å². The van der Waals surface area contributed by atoms with E-state index in [1.165, 1.54) is 4.31 Å². The van der Waals surface area contributed by atoms with Crippen molar-refractivity contribution in [1.82, 2.24) is 19.8 Å². The van der Waals surface area contributed by atoms with Crippen LogP contribution in [0.1, 0.15) is 41.2 Å². The van der Waals surface area contributed by atoms with Gasteiger partial charge in [-0.25, -0.2) is 13.4 Å². The van der Waals surface area contributed by atoms with Crippen LogP contribution in [0.15, 0.2) is 108 Å². The quantitative estimate of drug-likeness (QED) is 0.128. The first-order valence-corrected chi connectivity index (χ1v) is 16.9. The molecule has 1 amide bonds. The monoisotopic (exact) mass is 636 g/mol. The van der Waals surface area contributed by atoms with Crippen molar-refractivity contribution in [3.05, 3.63) is 126 Å². The minimum Gasteiger partial charge on any atom is -0.331 e. The van der Waals surface area contributed by atoms with Crippen LogP contribution in [-0.4, -0.2) is 60.8 Å². The van der Waals surface area contributed by atoms with Gasteiger partial charge in [0.1, 0.15) is 11.7 Å². The zero-order valence-electron chi connectivity index (χ0n) is 26.5. The number of nitrogens with zero attached hydrogens (tertiary/aromatic N) is 4. The third-order valence-corrected chi connectivity index (χ3v) is 10.1. The van der Waals surface area contributed by atoms with Crippen LogP contribution in [0.3, 0.4) is 0 Å². The number of amidine groups is 1. The lowest BCUT2D eigenvalue weighted by atomic mass is 10.1. The van der Waals surface area contributed by atoms with Gasteiger partial charge < -0.3 is 14.8 Å². The van der Waals surface area contributed by atoms with Crippen molar-refractivity contribution in [2.45, 2.75) is 31.6 Å². The van der Waals surface area contributed by atoms with Gasteiger partial charge in [-0.2, -0.15) is 0 Å². The van der Waals surface area contributed by atoms with E-state index in [0.717, 1.165) is 41.9 Å². The Kier molecular flexibility index (Phi) is 10.3. The number of rotatable bonds is 13. The molecule has 5 rings (SSSR count). The Balaban J connectivity index is 1.31. The molecule has 5 aromatic rings. The van der Waals surface area contributed by atoms with Crippen LogP contribution >= 0.6 is 0 Å². The third-order valence-electron chi connectivity index (χ3n) is 8.24. The number of carbonyl (C=O) groups is 1. The summed E-state index contributed by atoms with van der Waals surface area (Å²) in [6, 6.07) is 30.7. The highest BCUT2D eigenvalue weighted by Gasteiger charge is 2.26. The molecule has 0 fully saturated rings. The number of hydrogen-bond donors (Lipinski definition) is 2. The minimum absolute atomic E-state index is 0.0481. The Labute approximate surface area is 271 Å². The number of benzene rings is 4. The second-order valence-electron chi connectivity index (χ2n) is 11.1. The molecule has 0 aliphatic heterocycles. The number of likely N-dealkylation sites (N-methyl/N-ethyl adjacent to an activating group) is 1. The van der Waals surface area contributed by atoms with Crippen LogP contribution in [0.2, 0.25) is 0 Å². The van der Waals surface area contributed by atoms with Crippen LogP contribution in [0.4, 0.5) is 5.69 Å². The highest BCUT2D eigenvalue weighted by atomic mass is 32.2. The smallest absolute Gasteiger partial charge is 0.264 e. The van der Waals surface area contributed by atoms with Gasteiger partial charge in [0.15, 0.2) is 0 Å². The molecule has 0 radical (unpaired) electrons. The maximum atomic E-state index is 13.8. The molecule has 1 aromatic heterocycles. The van der Waals surface area contributed by atoms with Crippen molar-refractivity contribution >= 4 is 38.5 Å². The number of fused-ring (bicyclic) bond motifs is 1. The van der Waals surface area contributed by atoms with Crippen molar-refractivity contribution in [2.75, 3.05) is 30.5 Å². The highest BCUT2D eigenvalue weighted by molar-refractivity contribution is 7.92. The molecule has 10 heteroatoms. The largest absolute Gasteiger partial charge is 0.331 e. The van der Waals surface area contributed by atoms with E-state index in [1.54, 1.807) is 48.5 Å². The van der Waals surface area contributed by atoms with Crippen LogP contribution in [-0.2, 0) is 29.9 Å². The van der Waals surface area contributed by atoms with Gasteiger partial charge in [0.25, 0.3) is 15.9 Å². The van der Waals surface area contributed by atoms with Gasteiger partial charge in [0.2, 0.25) is 0 Å². The van der Waals surface area contributed by atoms with Gasteiger partial charge in [0.05, 0.1) is 21.6 Å². The Hall–Kier alpha value is -4.80. The molecule has 0 aliphatic rings. The maximum absolute atomic E-state index is 13.8. The zero-order chi connectivity index (χ0) is 32.7. The average molecular weight is 637 g/mol. The fraction of sp³-hybridized carbons (Fsp3) is 0.250. The van der Waals surface area contributed by atoms with Gasteiger partial charge in [-0.1, -0.05) is 74.5 Å². The molecular formula is C36H40N6O3S. The molecule has 0 spiro atoms. The summed E-state index contributed by atoms with van der Waals surface area (Å²) in [5, 5.41) is 11.0. The number of imidazole rings is 1. The summed E-state index contributed by atoms with van der Waals surface area (Å²) in [4.78, 5) is 19.8. The zero-order valence-corrected chi connectivity index (χ0v) is 27.3. The first-order chi connectivity index (χ1) is 22.2. The first kappa shape index (κ1) is 32.6. The Morgan fingerprint density at radius 3 is 2.13 bits per heavy atom. The van der Waals surface area contributed by atoms with Crippen molar-refractivity contribution in [1.29, 1.82) is 5.41 Å². The summed E-state index contributed by atoms with van der Waals surface area (Å²) in [5.74, 6) is 0.621. The molecule has 0 saturated carbocycles. The van der Waals surface area contributed by atoms with E-state index in [2.05, 4.69) is 24.1 Å². The predicted molar refractivity (Wildman–Crippen MR) is 184 cm³/mol. The van der Waals surface area contributed by atoms with E-state index in [-0.39, 0.29) is 16.6 Å². The van der Waals surface area contributed by atoms with Gasteiger partial charge >= 0.3 is 0 Å². The van der Waals surface area contributed by atoms with Gasteiger partial charge in [0, 0.05) is 37.7 Å². The third kappa shape index (κ3) is 7.35. The van der Waals surface area contributed by atoms with Gasteiger partial charge in [-0.15, -0.1) is 0 Å². The Morgan fingerprint density at radius 1 is 0.826 bits per heavy atom. The van der Waals surface area contributed by atoms with Crippen LogP contribution < -0.4 is 9.62 Å². The SMILES string of the molecule is CCN(CC)CCN(c1ccc2c(c1)nc(CCc1ccc(C(=N)NC(=O)c3ccccc3)cc1)n2C)S(=O)(=O)c1ccccc1. The molecule has 9 nitrogen and oxygen atoms in total. The van der Waals surface area contributed by atoms with E-state index in [0.29, 0.717) is 36.3 Å². The fourth-order valence-corrected chi connectivity index (χ4v) is 6.91. The molecule has 238 valence electrons. The summed E-state index contributed by atoms with van der Waals surface area (Å²) in [6.45, 7) is 6.78. The van der Waals surface area contributed by atoms with E-state index in [9.17, 15) is 13.2 Å². The van der Waals surface area contributed by atoms with Gasteiger partial charge in [-0.3, -0.25) is 14.5 Å². The highest BCUT2D eigenvalue weighted by Crippen LogP contribution is 2.28. The summed E-state index contributed by atoms with van der Waals surface area (Å²) >= 11 is 0. The summed E-state index contributed by atoms with van der Waals surface area (Å²) in [5.41, 5.74) is 4.46. The van der Waals surface area contributed by atoms with Gasteiger partial charge in [-0.05, 0) is 67.5 Å². The normalized spacial score (nSPS) is 11.6. The summed E-state index contributed by atoms with van der Waals surface area (Å²) in [6.07, 6.45) is 1.41. The lowest BCUT2D eigenvalue weighted by Crippen LogP contribution is -2.38. The number of aryl methyl sites for hydroxylation is 3. The van der Waals surface area contributed by atoms with Crippen LogP contribution in [0.25, 0.3) is 11.0 Å². The lowest BCUT2D eigenvalue weighted by molar-refractivity contribution is 0.0977. The molecule has 4 aromatic carbocycles. The average Bonchev–Trinajstić information content (AvgIpc) is 3.40. The molecule has 0 aliphatic carbocycles. The summed E-state index contributed by atoms with van der Waals surface area (Å²) < 4.78 is 31.2. The van der Waals surface area contributed by atoms with E-state index < -0.39 is 10.0 Å². The lowest BCUT2D eigenvalue weighted by Gasteiger charge is -2.27. The number of aromatic nitrogens is 2.